The van der Waals surface area contributed by atoms with Gasteiger partial charge in [0.1, 0.15) is 0 Å². The molecule has 280 valence electrons. The lowest BCUT2D eigenvalue weighted by Crippen LogP contribution is -2.61. The SMILES string of the molecule is Cc1cc(C(C)(C)C)cc(C)c1N1c2cccc3c2B(c2cc(C(C)(C)C)ccc2N3c2c(C)cc3c(c2C)OCO3)c2c1sc1ccc(C(C)(C)C)cc21. The molecule has 0 saturated heterocycles. The smallest absolute Gasteiger partial charge is 0.254 e. The normalized spacial score (nSPS) is 14.7. The van der Waals surface area contributed by atoms with Crippen LogP contribution in [0, 0.1) is 27.7 Å². The van der Waals surface area contributed by atoms with Crippen molar-refractivity contribution >= 4 is 78.0 Å². The molecule has 0 saturated carbocycles. The fraction of sp³-hybridized carbons (Fsp3) is 0.347. The Morgan fingerprint density at radius 1 is 0.582 bits per heavy atom. The molecule has 9 rings (SSSR count). The minimum atomic E-state index is -0.0209. The highest BCUT2D eigenvalue weighted by molar-refractivity contribution is 7.26. The van der Waals surface area contributed by atoms with Crippen LogP contribution in [0.15, 0.2) is 72.8 Å². The topological polar surface area (TPSA) is 24.9 Å². The molecule has 4 nitrogen and oxygen atoms in total. The van der Waals surface area contributed by atoms with Crippen LogP contribution < -0.4 is 35.7 Å². The van der Waals surface area contributed by atoms with E-state index in [0.29, 0.717) is 0 Å². The van der Waals surface area contributed by atoms with Gasteiger partial charge in [0.2, 0.25) is 6.79 Å². The van der Waals surface area contributed by atoms with Crippen molar-refractivity contribution in [3.63, 3.8) is 0 Å². The number of aryl methyl sites for hydroxylation is 3. The van der Waals surface area contributed by atoms with Crippen molar-refractivity contribution in [1.82, 2.24) is 0 Å². The molecular formula is C49H53BN2O2S. The number of anilines is 6. The minimum Gasteiger partial charge on any atom is -0.454 e. The summed E-state index contributed by atoms with van der Waals surface area (Å²) in [6.45, 7) is 30.2. The van der Waals surface area contributed by atoms with Crippen molar-refractivity contribution in [3.05, 3.63) is 112 Å². The van der Waals surface area contributed by atoms with Crippen molar-refractivity contribution in [1.29, 1.82) is 0 Å². The van der Waals surface area contributed by atoms with E-state index in [-0.39, 0.29) is 29.8 Å². The van der Waals surface area contributed by atoms with Crippen molar-refractivity contribution < 1.29 is 9.47 Å². The Kier molecular flexibility index (Phi) is 7.80. The second kappa shape index (κ2) is 11.9. The summed E-state index contributed by atoms with van der Waals surface area (Å²) in [7, 11) is 0. The molecule has 0 amide bonds. The average Bonchev–Trinajstić information content (AvgIpc) is 3.73. The molecule has 4 heterocycles. The van der Waals surface area contributed by atoms with Gasteiger partial charge < -0.3 is 19.3 Å². The van der Waals surface area contributed by atoms with E-state index in [9.17, 15) is 0 Å². The van der Waals surface area contributed by atoms with E-state index in [0.717, 1.165) is 28.3 Å². The number of ether oxygens (including phenoxy) is 2. The highest BCUT2D eigenvalue weighted by Gasteiger charge is 2.46. The largest absolute Gasteiger partial charge is 0.454 e. The molecule has 3 aliphatic heterocycles. The first kappa shape index (κ1) is 36.0. The third kappa shape index (κ3) is 5.38. The molecule has 6 aromatic rings. The summed E-state index contributed by atoms with van der Waals surface area (Å²) in [5, 5.41) is 2.68. The van der Waals surface area contributed by atoms with E-state index in [1.807, 2.05) is 11.3 Å². The lowest BCUT2D eigenvalue weighted by atomic mass is 9.33. The van der Waals surface area contributed by atoms with Crippen molar-refractivity contribution in [2.75, 3.05) is 16.6 Å². The summed E-state index contributed by atoms with van der Waals surface area (Å²) in [6, 6.07) is 28.5. The molecule has 3 aliphatic rings. The van der Waals surface area contributed by atoms with Gasteiger partial charge in [-0.25, -0.2) is 0 Å². The first-order valence-corrected chi connectivity index (χ1v) is 20.6. The van der Waals surface area contributed by atoms with E-state index in [4.69, 9.17) is 9.47 Å². The molecular weight excluding hydrogens is 691 g/mol. The Balaban J connectivity index is 1.43. The standard InChI is InChI=1S/C49H53BN2O2S/c1-27-21-33(49(11,12)13)22-28(2)43(27)52-38-16-14-15-37-42(38)50(41-34-24-31(47(5,6)7)18-20-40(34)55-46(41)52)35-25-32(48(8,9)10)17-19-36(35)51(37)44-29(3)23-39-45(30(44)4)54-26-53-39/h14-25H,26H2,1-13H3. The van der Waals surface area contributed by atoms with Crippen LogP contribution in [-0.4, -0.2) is 13.5 Å². The molecule has 0 aliphatic carbocycles. The monoisotopic (exact) mass is 744 g/mol. The van der Waals surface area contributed by atoms with Crippen LogP contribution >= 0.6 is 11.3 Å². The van der Waals surface area contributed by atoms with Crippen LogP contribution in [0.2, 0.25) is 0 Å². The molecule has 0 bridgehead atoms. The molecule has 0 unspecified atom stereocenters. The molecule has 0 N–H and O–H groups in total. The van der Waals surface area contributed by atoms with Crippen LogP contribution in [0.5, 0.6) is 11.5 Å². The second-order valence-corrected chi connectivity index (χ2v) is 20.3. The first-order chi connectivity index (χ1) is 25.8. The minimum absolute atomic E-state index is 0.0193. The number of hydrogen-bond acceptors (Lipinski definition) is 5. The van der Waals surface area contributed by atoms with Crippen molar-refractivity contribution in [2.45, 2.75) is 106 Å². The van der Waals surface area contributed by atoms with E-state index in [1.54, 1.807) is 0 Å². The zero-order valence-electron chi connectivity index (χ0n) is 34.8. The Morgan fingerprint density at radius 2 is 1.18 bits per heavy atom. The molecule has 0 radical (unpaired) electrons. The lowest BCUT2D eigenvalue weighted by molar-refractivity contribution is 0.173. The van der Waals surface area contributed by atoms with Crippen LogP contribution in [0.25, 0.3) is 10.1 Å². The molecule has 55 heavy (non-hydrogen) atoms. The van der Waals surface area contributed by atoms with Gasteiger partial charge in [-0.3, -0.25) is 0 Å². The van der Waals surface area contributed by atoms with Gasteiger partial charge >= 0.3 is 0 Å². The van der Waals surface area contributed by atoms with Crippen LogP contribution in [0.4, 0.5) is 33.4 Å². The predicted molar refractivity (Wildman–Crippen MR) is 237 cm³/mol. The number of benzene rings is 5. The van der Waals surface area contributed by atoms with Gasteiger partial charge in [-0.05, 0) is 129 Å². The fourth-order valence-corrected chi connectivity index (χ4v) is 10.5. The molecule has 0 fully saturated rings. The number of thiophene rings is 1. The fourth-order valence-electron chi connectivity index (χ4n) is 9.30. The quantitative estimate of drug-likeness (QED) is 0.165. The average molecular weight is 745 g/mol. The van der Waals surface area contributed by atoms with E-state index < -0.39 is 0 Å². The Hall–Kier alpha value is -4.68. The van der Waals surface area contributed by atoms with Crippen molar-refractivity contribution in [3.8, 4) is 11.5 Å². The number of hydrogen-bond donors (Lipinski definition) is 0. The number of fused-ring (bicyclic) bond motifs is 7. The lowest BCUT2D eigenvalue weighted by Gasteiger charge is -2.44. The third-order valence-electron chi connectivity index (χ3n) is 12.2. The molecule has 1 aromatic heterocycles. The summed E-state index contributed by atoms with van der Waals surface area (Å²) < 4.78 is 13.4. The Labute approximate surface area is 332 Å². The predicted octanol–water partition coefficient (Wildman–Crippen LogP) is 11.8. The maximum absolute atomic E-state index is 6.13. The van der Waals surface area contributed by atoms with E-state index in [2.05, 4.69) is 173 Å². The van der Waals surface area contributed by atoms with Gasteiger partial charge in [0.15, 0.2) is 11.5 Å². The van der Waals surface area contributed by atoms with Crippen LogP contribution in [0.1, 0.15) is 101 Å². The second-order valence-electron chi connectivity index (χ2n) is 19.2. The molecule has 5 aromatic carbocycles. The van der Waals surface area contributed by atoms with E-state index in [1.165, 1.54) is 82.0 Å². The maximum Gasteiger partial charge on any atom is 0.254 e. The summed E-state index contributed by atoms with van der Waals surface area (Å²) in [5.41, 5.74) is 19.2. The third-order valence-corrected chi connectivity index (χ3v) is 13.4. The van der Waals surface area contributed by atoms with Gasteiger partial charge in [0, 0.05) is 27.3 Å². The van der Waals surface area contributed by atoms with Gasteiger partial charge in [-0.15, -0.1) is 11.3 Å². The van der Waals surface area contributed by atoms with Crippen molar-refractivity contribution in [2.24, 2.45) is 0 Å². The molecule has 0 spiro atoms. The molecule has 0 atom stereocenters. The number of rotatable bonds is 2. The van der Waals surface area contributed by atoms with Gasteiger partial charge in [-0.1, -0.05) is 105 Å². The van der Waals surface area contributed by atoms with Crippen LogP contribution in [-0.2, 0) is 16.2 Å². The molecule has 6 heteroatoms. The Morgan fingerprint density at radius 3 is 1.84 bits per heavy atom. The summed E-state index contributed by atoms with van der Waals surface area (Å²) in [4.78, 5) is 5.16. The van der Waals surface area contributed by atoms with Crippen LogP contribution in [0.3, 0.4) is 0 Å². The summed E-state index contributed by atoms with van der Waals surface area (Å²) in [6.07, 6.45) is 0. The first-order valence-electron chi connectivity index (χ1n) is 19.8. The van der Waals surface area contributed by atoms with E-state index >= 15 is 0 Å². The zero-order chi connectivity index (χ0) is 39.1. The maximum atomic E-state index is 6.13. The number of nitrogens with zero attached hydrogens (tertiary/aromatic N) is 2. The Bertz CT molecular complexity index is 2570. The summed E-state index contributed by atoms with van der Waals surface area (Å²) >= 11 is 1.94. The van der Waals surface area contributed by atoms with Gasteiger partial charge in [0.05, 0.1) is 16.4 Å². The van der Waals surface area contributed by atoms with Gasteiger partial charge in [-0.2, -0.15) is 0 Å². The van der Waals surface area contributed by atoms with Gasteiger partial charge in [0.25, 0.3) is 6.71 Å². The highest BCUT2D eigenvalue weighted by atomic mass is 32.1. The summed E-state index contributed by atoms with van der Waals surface area (Å²) in [5.74, 6) is 1.67. The zero-order valence-corrected chi connectivity index (χ0v) is 35.6. The highest BCUT2D eigenvalue weighted by Crippen LogP contribution is 2.52.